The third kappa shape index (κ3) is 3.00. The topological polar surface area (TPSA) is 83.9 Å². The van der Waals surface area contributed by atoms with Gasteiger partial charge in [0.05, 0.1) is 7.11 Å². The molecule has 0 radical (unpaired) electrons. The van der Waals surface area contributed by atoms with E-state index in [0.717, 1.165) is 6.42 Å². The number of rotatable bonds is 4. The number of methoxy groups -OCH3 is 1. The number of aromatic carboxylic acids is 1. The smallest absolute Gasteiger partial charge is 0.339 e. The summed E-state index contributed by atoms with van der Waals surface area (Å²) in [5, 5.41) is 9.21. The average molecular weight is 334 g/mol. The molecule has 0 spiro atoms. The number of carboxylic acid groups (broad SMARTS) is 1. The molecule has 1 aromatic carbocycles. The summed E-state index contributed by atoms with van der Waals surface area (Å²) < 4.78 is 31.7. The number of halogens is 1. The fourth-order valence-electron chi connectivity index (χ4n) is 2.38. The first-order chi connectivity index (χ1) is 9.77. The minimum Gasteiger partial charge on any atom is -0.494 e. The molecule has 1 saturated heterocycles. The van der Waals surface area contributed by atoms with Crippen LogP contribution in [-0.2, 0) is 10.0 Å². The van der Waals surface area contributed by atoms with Crippen LogP contribution in [-0.4, -0.2) is 44.0 Å². The van der Waals surface area contributed by atoms with Crippen LogP contribution < -0.4 is 4.74 Å². The lowest BCUT2D eigenvalue weighted by Gasteiger charge is -2.19. The van der Waals surface area contributed by atoms with Crippen molar-refractivity contribution in [2.75, 3.05) is 20.2 Å². The summed E-state index contributed by atoms with van der Waals surface area (Å²) in [6.07, 6.45) is 0.772. The number of ether oxygens (including phenoxy) is 1. The lowest BCUT2D eigenvalue weighted by atomic mass is 10.2. The van der Waals surface area contributed by atoms with Gasteiger partial charge in [-0.1, -0.05) is 18.5 Å². The summed E-state index contributed by atoms with van der Waals surface area (Å²) in [6, 6.07) is 2.40. The molecule has 0 amide bonds. The van der Waals surface area contributed by atoms with Crippen LogP contribution in [0.15, 0.2) is 17.0 Å². The van der Waals surface area contributed by atoms with Gasteiger partial charge in [-0.3, -0.25) is 0 Å². The van der Waals surface area contributed by atoms with Crippen LogP contribution in [0.4, 0.5) is 0 Å². The van der Waals surface area contributed by atoms with E-state index in [4.69, 9.17) is 16.3 Å². The van der Waals surface area contributed by atoms with Gasteiger partial charge < -0.3 is 9.84 Å². The summed E-state index contributed by atoms with van der Waals surface area (Å²) in [5.74, 6) is -1.21. The molecular weight excluding hydrogens is 318 g/mol. The molecule has 0 aromatic heterocycles. The minimum atomic E-state index is -3.83. The maximum absolute atomic E-state index is 12.7. The number of benzene rings is 1. The highest BCUT2D eigenvalue weighted by atomic mass is 35.5. The van der Waals surface area contributed by atoms with Gasteiger partial charge in [0.25, 0.3) is 0 Å². The molecule has 1 atom stereocenters. The third-order valence-electron chi connectivity index (χ3n) is 3.46. The summed E-state index contributed by atoms with van der Waals surface area (Å²) in [4.78, 5) is 11.0. The highest BCUT2D eigenvalue weighted by molar-refractivity contribution is 7.89. The van der Waals surface area contributed by atoms with Crippen molar-refractivity contribution in [1.29, 1.82) is 0 Å². The van der Waals surface area contributed by atoms with Crippen molar-refractivity contribution in [3.05, 3.63) is 22.7 Å². The number of hydrogen-bond donors (Lipinski definition) is 1. The van der Waals surface area contributed by atoms with Gasteiger partial charge in [-0.05, 0) is 24.5 Å². The quantitative estimate of drug-likeness (QED) is 0.912. The van der Waals surface area contributed by atoms with E-state index in [9.17, 15) is 18.3 Å². The summed E-state index contributed by atoms with van der Waals surface area (Å²) in [7, 11) is -2.59. The first kappa shape index (κ1) is 16.1. The Morgan fingerprint density at radius 2 is 2.14 bits per heavy atom. The second-order valence-electron chi connectivity index (χ2n) is 5.05. The van der Waals surface area contributed by atoms with Crippen molar-refractivity contribution >= 4 is 27.6 Å². The van der Waals surface area contributed by atoms with Crippen LogP contribution in [0.5, 0.6) is 5.75 Å². The number of sulfonamides is 1. The van der Waals surface area contributed by atoms with E-state index in [1.54, 1.807) is 0 Å². The lowest BCUT2D eigenvalue weighted by molar-refractivity contribution is 0.0693. The average Bonchev–Trinajstić information content (AvgIpc) is 2.85. The molecule has 1 N–H and O–H groups in total. The predicted octanol–water partition coefficient (Wildman–Crippen LogP) is 2.08. The van der Waals surface area contributed by atoms with E-state index in [1.165, 1.54) is 23.5 Å². The standard InChI is InChI=1S/C13H16ClNO5S/c1-8-3-4-15(7-8)21(18,19)11-6-9(14)5-10(13(16)17)12(11)20-2/h5-6,8H,3-4,7H2,1-2H3,(H,16,17). The van der Waals surface area contributed by atoms with Crippen LogP contribution in [0.25, 0.3) is 0 Å². The molecule has 1 fully saturated rings. The Morgan fingerprint density at radius 3 is 2.62 bits per heavy atom. The molecule has 1 unspecified atom stereocenters. The van der Waals surface area contributed by atoms with Crippen LogP contribution in [0.1, 0.15) is 23.7 Å². The Morgan fingerprint density at radius 1 is 1.48 bits per heavy atom. The van der Waals surface area contributed by atoms with E-state index in [1.807, 2.05) is 6.92 Å². The number of hydrogen-bond acceptors (Lipinski definition) is 4. The summed E-state index contributed by atoms with van der Waals surface area (Å²) in [6.45, 7) is 2.77. The fourth-order valence-corrected chi connectivity index (χ4v) is 4.44. The largest absolute Gasteiger partial charge is 0.494 e. The maximum Gasteiger partial charge on any atom is 0.339 e. The van der Waals surface area contributed by atoms with Crippen LogP contribution in [0.2, 0.25) is 5.02 Å². The Kier molecular flexibility index (Phi) is 4.46. The van der Waals surface area contributed by atoms with Gasteiger partial charge in [-0.15, -0.1) is 0 Å². The van der Waals surface area contributed by atoms with E-state index >= 15 is 0 Å². The van der Waals surface area contributed by atoms with Gasteiger partial charge in [0.1, 0.15) is 10.5 Å². The van der Waals surface area contributed by atoms with E-state index in [-0.39, 0.29) is 27.1 Å². The number of nitrogens with zero attached hydrogens (tertiary/aromatic N) is 1. The molecule has 21 heavy (non-hydrogen) atoms. The third-order valence-corrected chi connectivity index (χ3v) is 5.55. The summed E-state index contributed by atoms with van der Waals surface area (Å²) >= 11 is 5.86. The van der Waals surface area contributed by atoms with E-state index < -0.39 is 16.0 Å². The highest BCUT2D eigenvalue weighted by Gasteiger charge is 2.34. The second-order valence-corrected chi connectivity index (χ2v) is 7.39. The van der Waals surface area contributed by atoms with Gasteiger partial charge in [0.2, 0.25) is 10.0 Å². The Bertz CT molecular complexity index is 673. The van der Waals surface area contributed by atoms with Crippen molar-refractivity contribution in [3.8, 4) is 5.75 Å². The Labute approximate surface area is 128 Å². The van der Waals surface area contributed by atoms with Crippen LogP contribution >= 0.6 is 11.6 Å². The SMILES string of the molecule is COc1c(C(=O)O)cc(Cl)cc1S(=O)(=O)N1CCC(C)C1. The van der Waals surface area contributed by atoms with Crippen molar-refractivity contribution in [3.63, 3.8) is 0 Å². The Hall–Kier alpha value is -1.31. The van der Waals surface area contributed by atoms with Crippen molar-refractivity contribution in [1.82, 2.24) is 4.31 Å². The van der Waals surface area contributed by atoms with E-state index in [2.05, 4.69) is 0 Å². The lowest BCUT2D eigenvalue weighted by Crippen LogP contribution is -2.29. The van der Waals surface area contributed by atoms with Gasteiger partial charge in [-0.25, -0.2) is 13.2 Å². The summed E-state index contributed by atoms with van der Waals surface area (Å²) in [5.41, 5.74) is -0.268. The van der Waals surface area contributed by atoms with Crippen molar-refractivity contribution < 1.29 is 23.1 Å². The van der Waals surface area contributed by atoms with Crippen LogP contribution in [0.3, 0.4) is 0 Å². The zero-order valence-electron chi connectivity index (χ0n) is 11.7. The first-order valence-corrected chi connectivity index (χ1v) is 8.20. The molecule has 0 saturated carbocycles. The predicted molar refractivity (Wildman–Crippen MR) is 77.5 cm³/mol. The van der Waals surface area contributed by atoms with Gasteiger partial charge in [-0.2, -0.15) is 4.31 Å². The molecule has 8 heteroatoms. The first-order valence-electron chi connectivity index (χ1n) is 6.38. The zero-order valence-corrected chi connectivity index (χ0v) is 13.2. The normalized spacial score (nSPS) is 19.7. The number of carboxylic acids is 1. The second kappa shape index (κ2) is 5.82. The fraction of sp³-hybridized carbons (Fsp3) is 0.462. The highest BCUT2D eigenvalue weighted by Crippen LogP contribution is 2.35. The molecule has 1 aliphatic rings. The van der Waals surface area contributed by atoms with Gasteiger partial charge in [0.15, 0.2) is 5.75 Å². The zero-order chi connectivity index (χ0) is 15.8. The molecule has 0 aliphatic carbocycles. The molecule has 1 aliphatic heterocycles. The molecule has 1 heterocycles. The molecule has 6 nitrogen and oxygen atoms in total. The van der Waals surface area contributed by atoms with Crippen molar-refractivity contribution in [2.24, 2.45) is 5.92 Å². The van der Waals surface area contributed by atoms with Gasteiger partial charge in [0, 0.05) is 18.1 Å². The Balaban J connectivity index is 2.60. The van der Waals surface area contributed by atoms with Crippen molar-refractivity contribution in [2.45, 2.75) is 18.2 Å². The van der Waals surface area contributed by atoms with Gasteiger partial charge >= 0.3 is 5.97 Å². The monoisotopic (exact) mass is 333 g/mol. The molecule has 1 aromatic rings. The van der Waals surface area contributed by atoms with Crippen LogP contribution in [0, 0.1) is 5.92 Å². The molecular formula is C13H16ClNO5S. The molecule has 2 rings (SSSR count). The minimum absolute atomic E-state index is 0.0408. The molecule has 0 bridgehead atoms. The maximum atomic E-state index is 12.7. The molecule has 116 valence electrons. The number of carbonyl (C=O) groups is 1. The van der Waals surface area contributed by atoms with E-state index in [0.29, 0.717) is 13.1 Å².